The zero-order valence-corrected chi connectivity index (χ0v) is 10.5. The van der Waals surface area contributed by atoms with Crippen LogP contribution < -0.4 is 5.32 Å². The molecule has 0 saturated heterocycles. The third-order valence-corrected chi connectivity index (χ3v) is 2.98. The number of hydrogen-bond donors (Lipinski definition) is 1. The minimum Gasteiger partial charge on any atom is -0.311 e. The van der Waals surface area contributed by atoms with Gasteiger partial charge in [-0.3, -0.25) is 9.67 Å². The quantitative estimate of drug-likeness (QED) is 0.892. The van der Waals surface area contributed by atoms with Crippen LogP contribution in [0.1, 0.15) is 17.6 Å². The SMILES string of the molecule is CNC(Cc1ncnn1C)c1ncccc1Cl. The fourth-order valence-electron chi connectivity index (χ4n) is 1.68. The van der Waals surface area contributed by atoms with Crippen molar-refractivity contribution in [2.75, 3.05) is 7.05 Å². The van der Waals surface area contributed by atoms with Crippen molar-refractivity contribution in [3.05, 3.63) is 41.2 Å². The highest BCUT2D eigenvalue weighted by Gasteiger charge is 2.16. The second kappa shape index (κ2) is 5.25. The molecule has 90 valence electrons. The Labute approximate surface area is 105 Å². The molecule has 0 saturated carbocycles. The minimum absolute atomic E-state index is 0.0339. The summed E-state index contributed by atoms with van der Waals surface area (Å²) in [5.41, 5.74) is 0.833. The summed E-state index contributed by atoms with van der Waals surface area (Å²) in [7, 11) is 3.75. The lowest BCUT2D eigenvalue weighted by Crippen LogP contribution is -2.22. The highest BCUT2D eigenvalue weighted by Crippen LogP contribution is 2.22. The van der Waals surface area contributed by atoms with Crippen LogP contribution in [0.4, 0.5) is 0 Å². The third kappa shape index (κ3) is 2.62. The Balaban J connectivity index is 2.23. The molecule has 17 heavy (non-hydrogen) atoms. The van der Waals surface area contributed by atoms with Gasteiger partial charge in [0, 0.05) is 19.7 Å². The van der Waals surface area contributed by atoms with Crippen LogP contribution in [0.5, 0.6) is 0 Å². The van der Waals surface area contributed by atoms with Crippen LogP contribution in [0.25, 0.3) is 0 Å². The van der Waals surface area contributed by atoms with Gasteiger partial charge < -0.3 is 5.32 Å². The average Bonchev–Trinajstić information content (AvgIpc) is 2.73. The number of aromatic nitrogens is 4. The molecule has 0 radical (unpaired) electrons. The molecule has 1 unspecified atom stereocenters. The molecule has 2 heterocycles. The highest BCUT2D eigenvalue weighted by molar-refractivity contribution is 6.31. The van der Waals surface area contributed by atoms with Crippen molar-refractivity contribution in [1.29, 1.82) is 0 Å². The zero-order chi connectivity index (χ0) is 12.3. The summed E-state index contributed by atoms with van der Waals surface area (Å²) in [6.45, 7) is 0. The van der Waals surface area contributed by atoms with E-state index >= 15 is 0 Å². The Bertz CT molecular complexity index is 496. The van der Waals surface area contributed by atoms with Crippen molar-refractivity contribution >= 4 is 11.6 Å². The maximum Gasteiger partial charge on any atom is 0.138 e. The molecular weight excluding hydrogens is 238 g/mol. The van der Waals surface area contributed by atoms with Crippen molar-refractivity contribution in [1.82, 2.24) is 25.1 Å². The third-order valence-electron chi connectivity index (χ3n) is 2.66. The summed E-state index contributed by atoms with van der Waals surface area (Å²) in [6.07, 6.45) is 3.98. The maximum atomic E-state index is 6.13. The van der Waals surface area contributed by atoms with Crippen LogP contribution in [0.15, 0.2) is 24.7 Å². The van der Waals surface area contributed by atoms with E-state index < -0.39 is 0 Å². The lowest BCUT2D eigenvalue weighted by atomic mass is 10.1. The second-order valence-electron chi connectivity index (χ2n) is 3.72. The standard InChI is InChI=1S/C11H14ClN5/c1-13-9(6-10-15-7-16-17(10)2)11-8(12)4-3-5-14-11/h3-5,7,9,13H,6H2,1-2H3. The van der Waals surface area contributed by atoms with Crippen LogP contribution in [0, 0.1) is 0 Å². The average molecular weight is 252 g/mol. The van der Waals surface area contributed by atoms with Crippen molar-refractivity contribution in [2.45, 2.75) is 12.5 Å². The number of nitrogens with zero attached hydrogens (tertiary/aromatic N) is 4. The molecular formula is C11H14ClN5. The normalized spacial score (nSPS) is 12.6. The van der Waals surface area contributed by atoms with E-state index in [2.05, 4.69) is 20.4 Å². The Morgan fingerprint density at radius 1 is 1.47 bits per heavy atom. The van der Waals surface area contributed by atoms with Crippen molar-refractivity contribution in [2.24, 2.45) is 7.05 Å². The van der Waals surface area contributed by atoms with Gasteiger partial charge in [-0.2, -0.15) is 5.10 Å². The smallest absolute Gasteiger partial charge is 0.138 e. The molecule has 1 atom stereocenters. The van der Waals surface area contributed by atoms with Crippen LogP contribution in [-0.4, -0.2) is 26.8 Å². The van der Waals surface area contributed by atoms with Crippen molar-refractivity contribution in [3.8, 4) is 0 Å². The predicted molar refractivity (Wildman–Crippen MR) is 65.8 cm³/mol. The van der Waals surface area contributed by atoms with Crippen LogP contribution in [0.2, 0.25) is 5.02 Å². The molecule has 0 aromatic carbocycles. The van der Waals surface area contributed by atoms with Gasteiger partial charge in [0.1, 0.15) is 12.2 Å². The summed E-state index contributed by atoms with van der Waals surface area (Å²) in [5, 5.41) is 7.90. The van der Waals surface area contributed by atoms with E-state index in [1.165, 1.54) is 0 Å². The Morgan fingerprint density at radius 2 is 2.29 bits per heavy atom. The highest BCUT2D eigenvalue weighted by atomic mass is 35.5. The van der Waals surface area contributed by atoms with Gasteiger partial charge in [-0.05, 0) is 19.2 Å². The lowest BCUT2D eigenvalue weighted by Gasteiger charge is -2.16. The topological polar surface area (TPSA) is 55.6 Å². The first-order valence-corrected chi connectivity index (χ1v) is 5.70. The van der Waals surface area contributed by atoms with E-state index in [-0.39, 0.29) is 6.04 Å². The van der Waals surface area contributed by atoms with Gasteiger partial charge in [0.15, 0.2) is 0 Å². The zero-order valence-electron chi connectivity index (χ0n) is 9.76. The summed E-state index contributed by atoms with van der Waals surface area (Å²) in [4.78, 5) is 8.51. The molecule has 0 aliphatic heterocycles. The van der Waals surface area contributed by atoms with E-state index in [9.17, 15) is 0 Å². The second-order valence-corrected chi connectivity index (χ2v) is 4.12. The van der Waals surface area contributed by atoms with E-state index in [1.54, 1.807) is 17.2 Å². The molecule has 0 amide bonds. The van der Waals surface area contributed by atoms with Gasteiger partial charge >= 0.3 is 0 Å². The number of halogens is 1. The number of nitrogens with one attached hydrogen (secondary N) is 1. The van der Waals surface area contributed by atoms with Gasteiger partial charge in [-0.15, -0.1) is 0 Å². The number of pyridine rings is 1. The van der Waals surface area contributed by atoms with Gasteiger partial charge in [-0.1, -0.05) is 11.6 Å². The summed E-state index contributed by atoms with van der Waals surface area (Å²) >= 11 is 6.13. The van der Waals surface area contributed by atoms with E-state index in [0.717, 1.165) is 11.5 Å². The molecule has 0 spiro atoms. The van der Waals surface area contributed by atoms with Crippen molar-refractivity contribution in [3.63, 3.8) is 0 Å². The Kier molecular flexibility index (Phi) is 3.71. The molecule has 6 heteroatoms. The summed E-state index contributed by atoms with van der Waals surface area (Å²) in [6, 6.07) is 3.69. The number of hydrogen-bond acceptors (Lipinski definition) is 4. The van der Waals surface area contributed by atoms with Crippen LogP contribution >= 0.6 is 11.6 Å². The van der Waals surface area contributed by atoms with Gasteiger partial charge in [0.05, 0.1) is 16.8 Å². The Morgan fingerprint density at radius 3 is 2.88 bits per heavy atom. The first-order valence-electron chi connectivity index (χ1n) is 5.33. The fraction of sp³-hybridized carbons (Fsp3) is 0.364. The first-order chi connectivity index (χ1) is 8.22. The molecule has 2 aromatic rings. The van der Waals surface area contributed by atoms with Gasteiger partial charge in [0.2, 0.25) is 0 Å². The molecule has 2 rings (SSSR count). The molecule has 0 bridgehead atoms. The predicted octanol–water partition coefficient (Wildman–Crippen LogP) is 1.37. The summed E-state index contributed by atoms with van der Waals surface area (Å²) < 4.78 is 1.75. The van der Waals surface area contributed by atoms with E-state index in [1.807, 2.05) is 26.2 Å². The minimum atomic E-state index is 0.0339. The number of aryl methyl sites for hydroxylation is 1. The number of rotatable bonds is 4. The van der Waals surface area contributed by atoms with E-state index in [0.29, 0.717) is 11.4 Å². The van der Waals surface area contributed by atoms with Gasteiger partial charge in [0.25, 0.3) is 0 Å². The van der Waals surface area contributed by atoms with Crippen LogP contribution in [0.3, 0.4) is 0 Å². The number of likely N-dealkylation sites (N-methyl/N-ethyl adjacent to an activating group) is 1. The van der Waals surface area contributed by atoms with Gasteiger partial charge in [-0.25, -0.2) is 4.98 Å². The molecule has 1 N–H and O–H groups in total. The monoisotopic (exact) mass is 251 g/mol. The molecule has 0 aliphatic carbocycles. The largest absolute Gasteiger partial charge is 0.311 e. The molecule has 2 aromatic heterocycles. The summed E-state index contributed by atoms with van der Waals surface area (Å²) in [5.74, 6) is 0.895. The molecule has 5 nitrogen and oxygen atoms in total. The van der Waals surface area contributed by atoms with Crippen LogP contribution in [-0.2, 0) is 13.5 Å². The molecule has 0 fully saturated rings. The van der Waals surface area contributed by atoms with E-state index in [4.69, 9.17) is 11.6 Å². The first kappa shape index (κ1) is 12.0. The lowest BCUT2D eigenvalue weighted by molar-refractivity contribution is 0.541. The molecule has 0 aliphatic rings. The Hall–Kier alpha value is -1.46. The van der Waals surface area contributed by atoms with Crippen molar-refractivity contribution < 1.29 is 0 Å². The maximum absolute atomic E-state index is 6.13. The fourth-order valence-corrected chi connectivity index (χ4v) is 1.93.